The third-order valence-corrected chi connectivity index (χ3v) is 4.73. The molecule has 0 aliphatic heterocycles. The molecule has 152 valence electrons. The van der Waals surface area contributed by atoms with Crippen LogP contribution >= 0.6 is 0 Å². The predicted molar refractivity (Wildman–Crippen MR) is 111 cm³/mol. The topological polar surface area (TPSA) is 73.6 Å². The van der Waals surface area contributed by atoms with Gasteiger partial charge in [0, 0.05) is 24.9 Å². The highest BCUT2D eigenvalue weighted by Crippen LogP contribution is 2.24. The Balaban J connectivity index is 1.50. The molecule has 0 spiro atoms. The fourth-order valence-electron chi connectivity index (χ4n) is 3.08. The van der Waals surface area contributed by atoms with Crippen molar-refractivity contribution in [3.8, 4) is 23.0 Å². The van der Waals surface area contributed by atoms with Crippen LogP contribution in [0.3, 0.4) is 0 Å². The maximum atomic E-state index is 12.2. The zero-order valence-electron chi connectivity index (χ0n) is 17.0. The molecule has 0 radical (unpaired) electrons. The predicted octanol–water partition coefficient (Wildman–Crippen LogP) is 3.96. The fraction of sp³-hybridized carbons (Fsp3) is 0.304. The number of benzene rings is 2. The summed E-state index contributed by atoms with van der Waals surface area (Å²) in [6, 6.07) is 15.3. The number of hydrogen-bond acceptors (Lipinski definition) is 5. The van der Waals surface area contributed by atoms with E-state index in [4.69, 9.17) is 13.9 Å². The van der Waals surface area contributed by atoms with E-state index >= 15 is 0 Å². The Hall–Kier alpha value is -3.28. The van der Waals surface area contributed by atoms with Crippen molar-refractivity contribution < 1.29 is 18.7 Å². The molecule has 0 saturated carbocycles. The summed E-state index contributed by atoms with van der Waals surface area (Å²) in [4.78, 5) is 16.7. The molecule has 0 aliphatic carbocycles. The third-order valence-electron chi connectivity index (χ3n) is 4.73. The number of amides is 1. The summed E-state index contributed by atoms with van der Waals surface area (Å²) in [5.74, 6) is 2.94. The molecule has 0 saturated heterocycles. The van der Waals surface area contributed by atoms with Crippen molar-refractivity contribution >= 4 is 5.91 Å². The van der Waals surface area contributed by atoms with Crippen LogP contribution in [0, 0.1) is 6.92 Å². The van der Waals surface area contributed by atoms with Crippen molar-refractivity contribution in [1.29, 1.82) is 0 Å². The highest BCUT2D eigenvalue weighted by molar-refractivity contribution is 5.76. The second-order valence-corrected chi connectivity index (χ2v) is 6.66. The van der Waals surface area contributed by atoms with Crippen molar-refractivity contribution in [3.05, 3.63) is 65.5 Å². The van der Waals surface area contributed by atoms with Gasteiger partial charge in [-0.05, 0) is 49.2 Å². The number of nitrogens with one attached hydrogen (secondary N) is 1. The molecular formula is C23H26N2O4. The minimum absolute atomic E-state index is 0.00688. The van der Waals surface area contributed by atoms with Crippen molar-refractivity contribution in [2.24, 2.45) is 0 Å². The van der Waals surface area contributed by atoms with Crippen molar-refractivity contribution in [2.45, 2.75) is 26.2 Å². The van der Waals surface area contributed by atoms with Gasteiger partial charge in [0.05, 0.1) is 19.9 Å². The number of hydrogen-bond donors (Lipinski definition) is 1. The molecule has 6 nitrogen and oxygen atoms in total. The van der Waals surface area contributed by atoms with Gasteiger partial charge in [-0.25, -0.2) is 4.98 Å². The summed E-state index contributed by atoms with van der Waals surface area (Å²) >= 11 is 0. The minimum atomic E-state index is 0.00688. The van der Waals surface area contributed by atoms with E-state index in [1.165, 1.54) is 0 Å². The van der Waals surface area contributed by atoms with Gasteiger partial charge in [0.2, 0.25) is 11.8 Å². The second-order valence-electron chi connectivity index (χ2n) is 6.66. The molecule has 0 unspecified atom stereocenters. The number of ether oxygens (including phenoxy) is 2. The molecule has 0 aliphatic rings. The number of aromatic nitrogens is 1. The van der Waals surface area contributed by atoms with E-state index < -0.39 is 0 Å². The number of carbonyl (C=O) groups is 1. The van der Waals surface area contributed by atoms with Crippen molar-refractivity contribution in [3.63, 3.8) is 0 Å². The molecule has 0 bridgehead atoms. The van der Waals surface area contributed by atoms with E-state index in [0.717, 1.165) is 34.1 Å². The molecule has 1 heterocycles. The molecule has 0 atom stereocenters. The molecule has 2 aromatic carbocycles. The summed E-state index contributed by atoms with van der Waals surface area (Å²) in [6.45, 7) is 2.40. The molecule has 1 aromatic heterocycles. The van der Waals surface area contributed by atoms with Crippen LogP contribution in [-0.4, -0.2) is 31.7 Å². The number of nitrogens with zero attached hydrogens (tertiary/aromatic N) is 1. The first-order chi connectivity index (χ1) is 14.1. The number of methoxy groups -OCH3 is 2. The van der Waals surface area contributed by atoms with Crippen LogP contribution in [0.4, 0.5) is 0 Å². The molecule has 29 heavy (non-hydrogen) atoms. The van der Waals surface area contributed by atoms with Gasteiger partial charge in [-0.1, -0.05) is 18.2 Å². The molecule has 3 aromatic rings. The SMILES string of the molecule is COc1ccc(-c2nc(CCNC(=O)CCc3ccccc3OC)c(C)o2)cc1. The smallest absolute Gasteiger partial charge is 0.226 e. The molecule has 3 rings (SSSR count). The van der Waals surface area contributed by atoms with E-state index in [-0.39, 0.29) is 5.91 Å². The first kappa shape index (κ1) is 20.5. The first-order valence-corrected chi connectivity index (χ1v) is 9.60. The normalized spacial score (nSPS) is 10.6. The number of oxazole rings is 1. The van der Waals surface area contributed by atoms with Crippen molar-refractivity contribution in [1.82, 2.24) is 10.3 Å². The molecule has 1 amide bonds. The van der Waals surface area contributed by atoms with Crippen LogP contribution in [0.1, 0.15) is 23.4 Å². The van der Waals surface area contributed by atoms with Crippen LogP contribution < -0.4 is 14.8 Å². The van der Waals surface area contributed by atoms with Crippen LogP contribution in [0.5, 0.6) is 11.5 Å². The number of para-hydroxylation sites is 1. The Morgan fingerprint density at radius 2 is 1.79 bits per heavy atom. The minimum Gasteiger partial charge on any atom is -0.497 e. The van der Waals surface area contributed by atoms with Crippen molar-refractivity contribution in [2.75, 3.05) is 20.8 Å². The fourth-order valence-corrected chi connectivity index (χ4v) is 3.08. The van der Waals surface area contributed by atoms with Crippen LogP contribution in [-0.2, 0) is 17.6 Å². The summed E-state index contributed by atoms with van der Waals surface area (Å²) in [6.07, 6.45) is 1.67. The lowest BCUT2D eigenvalue weighted by Crippen LogP contribution is -2.26. The highest BCUT2D eigenvalue weighted by Gasteiger charge is 2.12. The van der Waals surface area contributed by atoms with Gasteiger partial charge in [0.1, 0.15) is 17.3 Å². The first-order valence-electron chi connectivity index (χ1n) is 9.60. The lowest BCUT2D eigenvalue weighted by molar-refractivity contribution is -0.121. The Morgan fingerprint density at radius 1 is 1.03 bits per heavy atom. The lowest BCUT2D eigenvalue weighted by Gasteiger charge is -2.08. The number of carbonyl (C=O) groups excluding carboxylic acids is 1. The largest absolute Gasteiger partial charge is 0.497 e. The van der Waals surface area contributed by atoms with E-state index in [0.29, 0.717) is 31.7 Å². The summed E-state index contributed by atoms with van der Waals surface area (Å²) < 4.78 is 16.3. The number of rotatable bonds is 9. The van der Waals surface area contributed by atoms with Gasteiger partial charge in [0.25, 0.3) is 0 Å². The Morgan fingerprint density at radius 3 is 2.52 bits per heavy atom. The zero-order valence-corrected chi connectivity index (χ0v) is 17.0. The van der Waals surface area contributed by atoms with E-state index in [1.54, 1.807) is 14.2 Å². The van der Waals surface area contributed by atoms with E-state index in [9.17, 15) is 4.79 Å². The molecule has 0 fully saturated rings. The van der Waals surface area contributed by atoms with Gasteiger partial charge in [-0.2, -0.15) is 0 Å². The maximum Gasteiger partial charge on any atom is 0.226 e. The van der Waals surface area contributed by atoms with Crippen LogP contribution in [0.2, 0.25) is 0 Å². The number of aryl methyl sites for hydroxylation is 2. The maximum absolute atomic E-state index is 12.2. The molecular weight excluding hydrogens is 368 g/mol. The van der Waals surface area contributed by atoms with Gasteiger partial charge >= 0.3 is 0 Å². The summed E-state index contributed by atoms with van der Waals surface area (Å²) in [7, 11) is 3.27. The summed E-state index contributed by atoms with van der Waals surface area (Å²) in [5, 5.41) is 2.95. The quantitative estimate of drug-likeness (QED) is 0.595. The van der Waals surface area contributed by atoms with E-state index in [2.05, 4.69) is 10.3 Å². The Bertz CT molecular complexity index is 948. The molecule has 1 N–H and O–H groups in total. The van der Waals surface area contributed by atoms with E-state index in [1.807, 2.05) is 55.5 Å². The van der Waals surface area contributed by atoms with Gasteiger partial charge in [-0.15, -0.1) is 0 Å². The highest BCUT2D eigenvalue weighted by atomic mass is 16.5. The monoisotopic (exact) mass is 394 g/mol. The van der Waals surface area contributed by atoms with Gasteiger partial charge in [-0.3, -0.25) is 4.79 Å². The average molecular weight is 394 g/mol. The molecule has 6 heteroatoms. The standard InChI is InChI=1S/C23H26N2O4/c1-16-20(25-23(29-16)18-8-11-19(27-2)12-9-18)14-15-24-22(26)13-10-17-6-4-5-7-21(17)28-3/h4-9,11-12H,10,13-15H2,1-3H3,(H,24,26). The Kier molecular flexibility index (Phi) is 6.89. The second kappa shape index (κ2) is 9.78. The van der Waals surface area contributed by atoms with Crippen LogP contribution in [0.15, 0.2) is 52.9 Å². The average Bonchev–Trinajstić information content (AvgIpc) is 3.13. The third kappa shape index (κ3) is 5.38. The zero-order chi connectivity index (χ0) is 20.6. The van der Waals surface area contributed by atoms with Gasteiger partial charge < -0.3 is 19.2 Å². The van der Waals surface area contributed by atoms with Gasteiger partial charge in [0.15, 0.2) is 0 Å². The Labute approximate surface area is 170 Å². The lowest BCUT2D eigenvalue weighted by atomic mass is 10.1. The summed E-state index contributed by atoms with van der Waals surface area (Å²) in [5.41, 5.74) is 2.77. The van der Waals surface area contributed by atoms with Crippen LogP contribution in [0.25, 0.3) is 11.5 Å².